The van der Waals surface area contributed by atoms with Gasteiger partial charge in [-0.25, -0.2) is 0 Å². The van der Waals surface area contributed by atoms with Gasteiger partial charge in [-0.05, 0) is 37.6 Å². The van der Waals surface area contributed by atoms with Gasteiger partial charge in [0.15, 0.2) is 17.5 Å². The first-order valence-electron chi connectivity index (χ1n) is 9.03. The molecule has 2 rings (SSSR count). The monoisotopic (exact) mass is 348 g/mol. The van der Waals surface area contributed by atoms with E-state index in [2.05, 4.69) is 27.6 Å². The molecule has 0 saturated heterocycles. The van der Waals surface area contributed by atoms with Crippen LogP contribution in [0.2, 0.25) is 0 Å². The fourth-order valence-corrected chi connectivity index (χ4v) is 3.28. The summed E-state index contributed by atoms with van der Waals surface area (Å²) >= 11 is 0. The number of nitrogens with one attached hydrogen (secondary N) is 2. The van der Waals surface area contributed by atoms with E-state index in [0.717, 1.165) is 42.2 Å². The summed E-state index contributed by atoms with van der Waals surface area (Å²) in [4.78, 5) is 6.75. The molecule has 0 radical (unpaired) electrons. The molecule has 0 unspecified atom stereocenters. The molecule has 2 N–H and O–H groups in total. The van der Waals surface area contributed by atoms with Crippen LogP contribution in [0.4, 0.5) is 0 Å². The molecule has 0 aliphatic heterocycles. The number of guanidine groups is 1. The van der Waals surface area contributed by atoms with Crippen LogP contribution in [0.25, 0.3) is 0 Å². The Bertz CT molecular complexity index is 556. The highest BCUT2D eigenvalue weighted by Gasteiger charge is 2.18. The molecule has 1 aliphatic rings. The summed E-state index contributed by atoms with van der Waals surface area (Å²) in [6.45, 7) is 2.60. The molecule has 6 nitrogen and oxygen atoms in total. The average molecular weight is 348 g/mol. The summed E-state index contributed by atoms with van der Waals surface area (Å²) in [7, 11) is 7.31. The van der Waals surface area contributed by atoms with Gasteiger partial charge in [0, 0.05) is 32.7 Å². The normalized spacial score (nSPS) is 15.5. The highest BCUT2D eigenvalue weighted by Crippen LogP contribution is 2.27. The van der Waals surface area contributed by atoms with Crippen molar-refractivity contribution >= 4 is 5.96 Å². The summed E-state index contributed by atoms with van der Waals surface area (Å²) < 4.78 is 10.6. The third-order valence-electron chi connectivity index (χ3n) is 4.84. The van der Waals surface area contributed by atoms with Crippen molar-refractivity contribution in [1.29, 1.82) is 0 Å². The molecule has 1 fully saturated rings. The number of benzene rings is 1. The highest BCUT2D eigenvalue weighted by atomic mass is 16.5. The van der Waals surface area contributed by atoms with E-state index in [4.69, 9.17) is 9.47 Å². The Balaban J connectivity index is 1.76. The summed E-state index contributed by atoms with van der Waals surface area (Å²) in [6.07, 6.45) is 5.42. The number of nitrogens with zero attached hydrogens (tertiary/aromatic N) is 2. The van der Waals surface area contributed by atoms with E-state index in [1.54, 1.807) is 21.3 Å². The van der Waals surface area contributed by atoms with Crippen LogP contribution in [-0.2, 0) is 6.54 Å². The molecule has 0 bridgehead atoms. The van der Waals surface area contributed by atoms with Gasteiger partial charge in [0.05, 0.1) is 14.2 Å². The van der Waals surface area contributed by atoms with E-state index in [0.29, 0.717) is 6.54 Å². The smallest absolute Gasteiger partial charge is 0.191 e. The van der Waals surface area contributed by atoms with Gasteiger partial charge >= 0.3 is 0 Å². The van der Waals surface area contributed by atoms with Crippen LogP contribution in [0.5, 0.6) is 11.5 Å². The fourth-order valence-electron chi connectivity index (χ4n) is 3.28. The quantitative estimate of drug-likeness (QED) is 0.557. The minimum atomic E-state index is 0.679. The molecular weight excluding hydrogens is 316 g/mol. The predicted octanol–water partition coefficient (Wildman–Crippen LogP) is 2.24. The van der Waals surface area contributed by atoms with E-state index in [9.17, 15) is 0 Å². The van der Waals surface area contributed by atoms with Crippen LogP contribution < -0.4 is 20.1 Å². The average Bonchev–Trinajstić information content (AvgIpc) is 3.18. The zero-order chi connectivity index (χ0) is 18.1. The highest BCUT2D eigenvalue weighted by molar-refractivity contribution is 5.79. The second-order valence-corrected chi connectivity index (χ2v) is 6.46. The number of hydrogen-bond donors (Lipinski definition) is 2. The zero-order valence-corrected chi connectivity index (χ0v) is 16.0. The summed E-state index contributed by atoms with van der Waals surface area (Å²) in [5.41, 5.74) is 1.11. The zero-order valence-electron chi connectivity index (χ0n) is 16.0. The second kappa shape index (κ2) is 10.1. The number of rotatable bonds is 8. The van der Waals surface area contributed by atoms with Crippen LogP contribution in [-0.4, -0.2) is 58.3 Å². The number of likely N-dealkylation sites (N-methyl/N-ethyl adjacent to an activating group) is 1. The van der Waals surface area contributed by atoms with Crippen molar-refractivity contribution in [3.8, 4) is 11.5 Å². The number of aliphatic imine (C=N–C) groups is 1. The van der Waals surface area contributed by atoms with Gasteiger partial charge in [-0.1, -0.05) is 18.9 Å². The van der Waals surface area contributed by atoms with Gasteiger partial charge in [0.1, 0.15) is 0 Å². The Labute approximate surface area is 151 Å². The van der Waals surface area contributed by atoms with Crippen LogP contribution >= 0.6 is 0 Å². The largest absolute Gasteiger partial charge is 0.493 e. The maximum atomic E-state index is 5.35. The Hall–Kier alpha value is -1.95. The summed E-state index contributed by atoms with van der Waals surface area (Å²) in [6, 6.07) is 6.67. The molecule has 1 saturated carbocycles. The lowest BCUT2D eigenvalue weighted by Crippen LogP contribution is -2.42. The maximum Gasteiger partial charge on any atom is 0.191 e. The van der Waals surface area contributed by atoms with Gasteiger partial charge < -0.3 is 25.0 Å². The summed E-state index contributed by atoms with van der Waals surface area (Å²) in [5, 5.41) is 6.73. The lowest BCUT2D eigenvalue weighted by atomic mass is 10.2. The topological polar surface area (TPSA) is 58.1 Å². The van der Waals surface area contributed by atoms with E-state index in [-0.39, 0.29) is 0 Å². The Morgan fingerprint density at radius 3 is 2.52 bits per heavy atom. The maximum absolute atomic E-state index is 5.35. The lowest BCUT2D eigenvalue weighted by molar-refractivity contribution is 0.249. The number of hydrogen-bond acceptors (Lipinski definition) is 4. The third-order valence-corrected chi connectivity index (χ3v) is 4.84. The Morgan fingerprint density at radius 2 is 1.88 bits per heavy atom. The van der Waals surface area contributed by atoms with Crippen LogP contribution in [0.3, 0.4) is 0 Å². The number of ether oxygens (including phenoxy) is 2. The van der Waals surface area contributed by atoms with E-state index < -0.39 is 0 Å². The van der Waals surface area contributed by atoms with Crippen LogP contribution in [0.15, 0.2) is 23.2 Å². The van der Waals surface area contributed by atoms with Crippen molar-refractivity contribution < 1.29 is 9.47 Å². The standard InChI is InChI=1S/C19H32N4O2/c1-20-19(21-11-12-23(2)16-7-5-6-8-16)22-14-15-9-10-17(24-3)18(13-15)25-4/h9-10,13,16H,5-8,11-12,14H2,1-4H3,(H2,20,21,22). The molecule has 1 aromatic rings. The van der Waals surface area contributed by atoms with Crippen molar-refractivity contribution in [2.45, 2.75) is 38.3 Å². The minimum Gasteiger partial charge on any atom is -0.493 e. The van der Waals surface area contributed by atoms with Crippen molar-refractivity contribution in [2.24, 2.45) is 4.99 Å². The van der Waals surface area contributed by atoms with Crippen molar-refractivity contribution in [2.75, 3.05) is 41.4 Å². The van der Waals surface area contributed by atoms with Crippen LogP contribution in [0.1, 0.15) is 31.2 Å². The lowest BCUT2D eigenvalue weighted by Gasteiger charge is -2.24. The SMILES string of the molecule is CN=C(NCCN(C)C1CCCC1)NCc1ccc(OC)c(OC)c1. The van der Waals surface area contributed by atoms with Gasteiger partial charge in [-0.2, -0.15) is 0 Å². The first-order chi connectivity index (χ1) is 12.2. The van der Waals surface area contributed by atoms with E-state index in [1.165, 1.54) is 25.7 Å². The van der Waals surface area contributed by atoms with Crippen LogP contribution in [0, 0.1) is 0 Å². The van der Waals surface area contributed by atoms with Gasteiger partial charge in [0.2, 0.25) is 0 Å². The van der Waals surface area contributed by atoms with Crippen molar-refractivity contribution in [1.82, 2.24) is 15.5 Å². The van der Waals surface area contributed by atoms with E-state index >= 15 is 0 Å². The fraction of sp³-hybridized carbons (Fsp3) is 0.632. The second-order valence-electron chi connectivity index (χ2n) is 6.46. The summed E-state index contributed by atoms with van der Waals surface area (Å²) in [5.74, 6) is 2.29. The molecule has 140 valence electrons. The molecule has 0 aromatic heterocycles. The van der Waals surface area contributed by atoms with Gasteiger partial charge in [-0.15, -0.1) is 0 Å². The first kappa shape index (κ1) is 19.4. The molecule has 0 spiro atoms. The molecule has 0 atom stereocenters. The molecule has 1 aromatic carbocycles. The van der Waals surface area contributed by atoms with E-state index in [1.807, 2.05) is 18.2 Å². The Kier molecular flexibility index (Phi) is 7.85. The van der Waals surface area contributed by atoms with Crippen molar-refractivity contribution in [3.63, 3.8) is 0 Å². The minimum absolute atomic E-state index is 0.679. The molecule has 6 heteroatoms. The molecule has 0 heterocycles. The molecule has 0 amide bonds. The van der Waals surface area contributed by atoms with Gasteiger partial charge in [0.25, 0.3) is 0 Å². The molecular formula is C19H32N4O2. The third kappa shape index (κ3) is 5.81. The van der Waals surface area contributed by atoms with Gasteiger partial charge in [-0.3, -0.25) is 4.99 Å². The predicted molar refractivity (Wildman–Crippen MR) is 103 cm³/mol. The number of methoxy groups -OCH3 is 2. The first-order valence-corrected chi connectivity index (χ1v) is 9.03. The Morgan fingerprint density at radius 1 is 1.16 bits per heavy atom. The molecule has 1 aliphatic carbocycles. The van der Waals surface area contributed by atoms with Crippen molar-refractivity contribution in [3.05, 3.63) is 23.8 Å². The molecule has 25 heavy (non-hydrogen) atoms.